The summed E-state index contributed by atoms with van der Waals surface area (Å²) in [5.41, 5.74) is 1.72. The average molecular weight is 328 g/mol. The van der Waals surface area contributed by atoms with Crippen molar-refractivity contribution in [3.63, 3.8) is 0 Å². The first-order valence-electron chi connectivity index (χ1n) is 7.66. The lowest BCUT2D eigenvalue weighted by atomic mass is 9.90. The molecular weight excluding hydrogens is 307 g/mol. The summed E-state index contributed by atoms with van der Waals surface area (Å²) in [5, 5.41) is 5.47. The molecule has 0 aliphatic rings. The number of rotatable bonds is 4. The van der Waals surface area contributed by atoms with Crippen LogP contribution in [0.25, 0.3) is 0 Å². The number of anilines is 2. The number of nitrogens with one attached hydrogen (secondary N) is 2. The van der Waals surface area contributed by atoms with Crippen molar-refractivity contribution in [3.05, 3.63) is 59.4 Å². The molecule has 2 amide bonds. The second kappa shape index (κ2) is 6.83. The van der Waals surface area contributed by atoms with Crippen LogP contribution in [0.15, 0.2) is 42.5 Å². The standard InChI is InChI=1S/C19H21FN2O2/c1-12-6-5-7-13(2)16(12)22-18(24)19(3,4)17(23)21-15-10-8-14(20)9-11-15/h5-11H,1-4H3,(H,21,23)(H,22,24). The molecule has 0 fully saturated rings. The van der Waals surface area contributed by atoms with E-state index in [0.29, 0.717) is 11.4 Å². The molecule has 24 heavy (non-hydrogen) atoms. The molecule has 0 aromatic heterocycles. The minimum Gasteiger partial charge on any atom is -0.325 e. The van der Waals surface area contributed by atoms with Crippen molar-refractivity contribution in [1.82, 2.24) is 0 Å². The fourth-order valence-corrected chi connectivity index (χ4v) is 2.21. The Morgan fingerprint density at radius 1 is 0.875 bits per heavy atom. The van der Waals surface area contributed by atoms with E-state index in [0.717, 1.165) is 11.1 Å². The van der Waals surface area contributed by atoms with Crippen molar-refractivity contribution in [2.24, 2.45) is 5.41 Å². The minimum atomic E-state index is -1.29. The largest absolute Gasteiger partial charge is 0.325 e. The third-order valence-corrected chi connectivity index (χ3v) is 3.96. The molecule has 0 radical (unpaired) electrons. The van der Waals surface area contributed by atoms with E-state index < -0.39 is 17.2 Å². The molecule has 0 bridgehead atoms. The van der Waals surface area contributed by atoms with Crippen LogP contribution < -0.4 is 10.6 Å². The Bertz CT molecular complexity index is 747. The van der Waals surface area contributed by atoms with Gasteiger partial charge in [-0.1, -0.05) is 18.2 Å². The van der Waals surface area contributed by atoms with E-state index in [1.54, 1.807) is 13.8 Å². The van der Waals surface area contributed by atoms with Crippen LogP contribution in [0.3, 0.4) is 0 Å². The summed E-state index contributed by atoms with van der Waals surface area (Å²) in [6.07, 6.45) is 0. The number of amides is 2. The van der Waals surface area contributed by atoms with Gasteiger partial charge in [0.05, 0.1) is 0 Å². The molecule has 0 unspecified atom stereocenters. The summed E-state index contributed by atoms with van der Waals surface area (Å²) in [6.45, 7) is 6.89. The Balaban J connectivity index is 2.14. The van der Waals surface area contributed by atoms with Gasteiger partial charge in [-0.25, -0.2) is 4.39 Å². The SMILES string of the molecule is Cc1cccc(C)c1NC(=O)C(C)(C)C(=O)Nc1ccc(F)cc1. The lowest BCUT2D eigenvalue weighted by Gasteiger charge is -2.24. The smallest absolute Gasteiger partial charge is 0.239 e. The molecule has 0 atom stereocenters. The maximum absolute atomic E-state index is 12.9. The Kier molecular flexibility index (Phi) is 5.02. The second-order valence-corrected chi connectivity index (χ2v) is 6.31. The van der Waals surface area contributed by atoms with Crippen molar-refractivity contribution < 1.29 is 14.0 Å². The summed E-state index contributed by atoms with van der Waals surface area (Å²) in [4.78, 5) is 25.0. The molecule has 2 aromatic rings. The molecule has 126 valence electrons. The normalized spacial score (nSPS) is 11.0. The fourth-order valence-electron chi connectivity index (χ4n) is 2.21. The molecule has 0 saturated heterocycles. The highest BCUT2D eigenvalue weighted by atomic mass is 19.1. The molecule has 0 aliphatic heterocycles. The number of benzene rings is 2. The van der Waals surface area contributed by atoms with Crippen LogP contribution in [0.4, 0.5) is 15.8 Å². The predicted molar refractivity (Wildman–Crippen MR) is 93.4 cm³/mol. The van der Waals surface area contributed by atoms with Crippen LogP contribution >= 0.6 is 0 Å². The van der Waals surface area contributed by atoms with Gasteiger partial charge in [0.1, 0.15) is 11.2 Å². The van der Waals surface area contributed by atoms with Crippen molar-refractivity contribution in [2.45, 2.75) is 27.7 Å². The fraction of sp³-hybridized carbons (Fsp3) is 0.263. The quantitative estimate of drug-likeness (QED) is 0.832. The van der Waals surface area contributed by atoms with E-state index in [9.17, 15) is 14.0 Å². The minimum absolute atomic E-state index is 0.389. The lowest BCUT2D eigenvalue weighted by molar-refractivity contribution is -0.135. The van der Waals surface area contributed by atoms with Crippen LogP contribution in [0.5, 0.6) is 0 Å². The van der Waals surface area contributed by atoms with Gasteiger partial charge in [-0.2, -0.15) is 0 Å². The van der Waals surface area contributed by atoms with Gasteiger partial charge in [0.2, 0.25) is 11.8 Å². The van der Waals surface area contributed by atoms with E-state index in [1.165, 1.54) is 24.3 Å². The van der Waals surface area contributed by atoms with Crippen molar-refractivity contribution in [3.8, 4) is 0 Å². The van der Waals surface area contributed by atoms with E-state index in [4.69, 9.17) is 0 Å². The van der Waals surface area contributed by atoms with Crippen LogP contribution in [0.1, 0.15) is 25.0 Å². The summed E-state index contributed by atoms with van der Waals surface area (Å²) >= 11 is 0. The molecule has 4 nitrogen and oxygen atoms in total. The van der Waals surface area contributed by atoms with Gasteiger partial charge < -0.3 is 10.6 Å². The van der Waals surface area contributed by atoms with Crippen molar-refractivity contribution in [1.29, 1.82) is 0 Å². The molecule has 0 aliphatic carbocycles. The van der Waals surface area contributed by atoms with Gasteiger partial charge in [0.25, 0.3) is 0 Å². The van der Waals surface area contributed by atoms with Gasteiger partial charge in [-0.3, -0.25) is 9.59 Å². The third kappa shape index (κ3) is 3.79. The lowest BCUT2D eigenvalue weighted by Crippen LogP contribution is -2.41. The highest BCUT2D eigenvalue weighted by Gasteiger charge is 2.36. The first-order chi connectivity index (χ1) is 11.2. The van der Waals surface area contributed by atoms with Crippen LogP contribution in [-0.4, -0.2) is 11.8 Å². The average Bonchev–Trinajstić information content (AvgIpc) is 2.53. The Morgan fingerprint density at radius 3 is 1.92 bits per heavy atom. The Hall–Kier alpha value is -2.69. The number of carbonyl (C=O) groups is 2. The van der Waals surface area contributed by atoms with E-state index in [-0.39, 0.29) is 5.82 Å². The van der Waals surface area contributed by atoms with E-state index >= 15 is 0 Å². The zero-order valence-electron chi connectivity index (χ0n) is 14.2. The topological polar surface area (TPSA) is 58.2 Å². The number of halogens is 1. The monoisotopic (exact) mass is 328 g/mol. The van der Waals surface area contributed by atoms with Crippen LogP contribution in [0, 0.1) is 25.1 Å². The number of carbonyl (C=O) groups excluding carboxylic acids is 2. The predicted octanol–water partition coefficient (Wildman–Crippen LogP) is 4.05. The van der Waals surface area contributed by atoms with Gasteiger partial charge in [-0.15, -0.1) is 0 Å². The van der Waals surface area contributed by atoms with E-state index in [2.05, 4.69) is 10.6 Å². The van der Waals surface area contributed by atoms with Gasteiger partial charge in [0, 0.05) is 11.4 Å². The summed E-state index contributed by atoms with van der Waals surface area (Å²) in [5.74, 6) is -1.25. The number of para-hydroxylation sites is 1. The number of hydrogen-bond donors (Lipinski definition) is 2. The Labute approximate surface area is 141 Å². The molecule has 0 saturated carbocycles. The molecule has 0 heterocycles. The first-order valence-corrected chi connectivity index (χ1v) is 7.66. The second-order valence-electron chi connectivity index (χ2n) is 6.31. The molecular formula is C19H21FN2O2. The number of hydrogen-bond acceptors (Lipinski definition) is 2. The zero-order valence-corrected chi connectivity index (χ0v) is 14.2. The highest BCUT2D eigenvalue weighted by molar-refractivity contribution is 6.14. The molecule has 2 N–H and O–H groups in total. The molecule has 0 spiro atoms. The molecule has 2 aromatic carbocycles. The van der Waals surface area contributed by atoms with Crippen LogP contribution in [0.2, 0.25) is 0 Å². The first kappa shape index (κ1) is 17.7. The van der Waals surface area contributed by atoms with E-state index in [1.807, 2.05) is 32.0 Å². The third-order valence-electron chi connectivity index (χ3n) is 3.96. The van der Waals surface area contributed by atoms with Gasteiger partial charge >= 0.3 is 0 Å². The van der Waals surface area contributed by atoms with Crippen molar-refractivity contribution >= 4 is 23.2 Å². The van der Waals surface area contributed by atoms with Gasteiger partial charge in [0.15, 0.2) is 0 Å². The zero-order chi connectivity index (χ0) is 17.9. The summed E-state index contributed by atoms with van der Waals surface area (Å²) < 4.78 is 12.9. The van der Waals surface area contributed by atoms with Gasteiger partial charge in [-0.05, 0) is 63.1 Å². The highest BCUT2D eigenvalue weighted by Crippen LogP contribution is 2.25. The Morgan fingerprint density at radius 2 is 1.38 bits per heavy atom. The maximum Gasteiger partial charge on any atom is 0.239 e. The summed E-state index contributed by atoms with van der Waals surface area (Å²) in [7, 11) is 0. The molecule has 5 heteroatoms. The van der Waals surface area contributed by atoms with Crippen LogP contribution in [-0.2, 0) is 9.59 Å². The number of aryl methyl sites for hydroxylation is 2. The summed E-state index contributed by atoms with van der Waals surface area (Å²) in [6, 6.07) is 11.1. The molecule has 2 rings (SSSR count). The van der Waals surface area contributed by atoms with Crippen molar-refractivity contribution in [2.75, 3.05) is 10.6 Å². The maximum atomic E-state index is 12.9.